The number of thiophene rings is 1. The summed E-state index contributed by atoms with van der Waals surface area (Å²) in [5, 5.41) is 4.98. The van der Waals surface area contributed by atoms with E-state index in [1.807, 2.05) is 23.1 Å². The number of hydrogen-bond donors (Lipinski definition) is 1. The molecule has 2 aromatic rings. The Labute approximate surface area is 200 Å². The molecule has 1 aromatic carbocycles. The van der Waals surface area contributed by atoms with Crippen LogP contribution in [0.4, 0.5) is 0 Å². The number of hydrogen-bond acceptors (Lipinski definition) is 6. The van der Waals surface area contributed by atoms with Gasteiger partial charge in [-0.2, -0.15) is 0 Å². The molecular formula is C25H35N3O4S. The number of rotatable bonds is 12. The largest absolute Gasteiger partial charge is 0.493 e. The minimum absolute atomic E-state index is 0.0369. The van der Waals surface area contributed by atoms with Crippen molar-refractivity contribution >= 4 is 23.2 Å². The van der Waals surface area contributed by atoms with E-state index in [1.165, 1.54) is 10.4 Å². The summed E-state index contributed by atoms with van der Waals surface area (Å²) in [6.07, 6.45) is 1.32. The van der Waals surface area contributed by atoms with E-state index in [4.69, 9.17) is 9.47 Å². The summed E-state index contributed by atoms with van der Waals surface area (Å²) in [5.74, 6) is 1.25. The van der Waals surface area contributed by atoms with Crippen LogP contribution < -0.4 is 14.8 Å². The molecule has 0 saturated carbocycles. The lowest BCUT2D eigenvalue weighted by Crippen LogP contribution is -2.36. The van der Waals surface area contributed by atoms with Gasteiger partial charge in [0.1, 0.15) is 6.61 Å². The van der Waals surface area contributed by atoms with E-state index in [-0.39, 0.29) is 24.7 Å². The average molecular weight is 474 g/mol. The molecule has 2 amide bonds. The molecule has 0 fully saturated rings. The summed E-state index contributed by atoms with van der Waals surface area (Å²) in [7, 11) is 1.61. The fourth-order valence-corrected chi connectivity index (χ4v) is 4.78. The smallest absolute Gasteiger partial charge is 0.223 e. The standard InChI is InChI=1S/C25H35N3O4S/c1-4-27(5-2)13-14-32-21-7-6-19(16-22(21)31-3)17-26-24(29)8-9-25(30)28-12-10-23-20(18-28)11-15-33-23/h6-7,11,15-16H,4-5,8-10,12-14,17-18H2,1-3H3,(H,26,29). The molecule has 1 aliphatic heterocycles. The van der Waals surface area contributed by atoms with Crippen molar-refractivity contribution in [3.8, 4) is 11.5 Å². The molecule has 1 aliphatic rings. The van der Waals surface area contributed by atoms with Crippen LogP contribution in [0.15, 0.2) is 29.6 Å². The molecule has 180 valence electrons. The molecule has 0 radical (unpaired) electrons. The molecule has 0 saturated heterocycles. The van der Waals surface area contributed by atoms with Gasteiger partial charge in [-0.1, -0.05) is 19.9 Å². The third-order valence-corrected chi connectivity index (χ3v) is 7.03. The minimum Gasteiger partial charge on any atom is -0.493 e. The molecule has 0 unspecified atom stereocenters. The molecule has 0 atom stereocenters. The van der Waals surface area contributed by atoms with E-state index < -0.39 is 0 Å². The molecule has 3 rings (SSSR count). The lowest BCUT2D eigenvalue weighted by atomic mass is 10.1. The number of ether oxygens (including phenoxy) is 2. The molecule has 8 heteroatoms. The first-order valence-corrected chi connectivity index (χ1v) is 12.5. The Kier molecular flexibility index (Phi) is 9.57. The van der Waals surface area contributed by atoms with E-state index in [0.29, 0.717) is 31.2 Å². The van der Waals surface area contributed by atoms with Gasteiger partial charge < -0.3 is 24.6 Å². The van der Waals surface area contributed by atoms with Crippen LogP contribution in [0.25, 0.3) is 0 Å². The van der Waals surface area contributed by atoms with Gasteiger partial charge in [0, 0.05) is 43.9 Å². The van der Waals surface area contributed by atoms with Gasteiger partial charge in [-0.3, -0.25) is 9.59 Å². The molecule has 0 bridgehead atoms. The molecule has 0 aliphatic carbocycles. The summed E-state index contributed by atoms with van der Waals surface area (Å²) >= 11 is 1.75. The van der Waals surface area contributed by atoms with Crippen LogP contribution >= 0.6 is 11.3 Å². The Morgan fingerprint density at radius 1 is 1.15 bits per heavy atom. The van der Waals surface area contributed by atoms with Crippen molar-refractivity contribution in [3.63, 3.8) is 0 Å². The maximum absolute atomic E-state index is 12.5. The average Bonchev–Trinajstić information content (AvgIpc) is 3.32. The van der Waals surface area contributed by atoms with Crippen molar-refractivity contribution in [2.45, 2.75) is 46.2 Å². The van der Waals surface area contributed by atoms with Crippen LogP contribution in [0.2, 0.25) is 0 Å². The topological polar surface area (TPSA) is 71.1 Å². The zero-order valence-electron chi connectivity index (χ0n) is 19.9. The number of carbonyl (C=O) groups excluding carboxylic acids is 2. The van der Waals surface area contributed by atoms with E-state index in [2.05, 4.69) is 35.5 Å². The van der Waals surface area contributed by atoms with Gasteiger partial charge in [0.05, 0.1) is 7.11 Å². The van der Waals surface area contributed by atoms with Crippen molar-refractivity contribution in [3.05, 3.63) is 45.6 Å². The SMILES string of the molecule is CCN(CC)CCOc1ccc(CNC(=O)CCC(=O)N2CCc3sccc3C2)cc1OC. The molecule has 1 N–H and O–H groups in total. The van der Waals surface area contributed by atoms with Crippen LogP contribution in [-0.2, 0) is 29.1 Å². The molecule has 2 heterocycles. The summed E-state index contributed by atoms with van der Waals surface area (Å²) in [6, 6.07) is 7.76. The maximum atomic E-state index is 12.5. The second kappa shape index (κ2) is 12.6. The lowest BCUT2D eigenvalue weighted by Gasteiger charge is -2.27. The fraction of sp³-hybridized carbons (Fsp3) is 0.520. The van der Waals surface area contributed by atoms with E-state index in [1.54, 1.807) is 18.4 Å². The van der Waals surface area contributed by atoms with Crippen molar-refractivity contribution in [2.24, 2.45) is 0 Å². The van der Waals surface area contributed by atoms with Gasteiger partial charge in [0.2, 0.25) is 11.8 Å². The van der Waals surface area contributed by atoms with E-state index in [9.17, 15) is 9.59 Å². The minimum atomic E-state index is -0.130. The van der Waals surface area contributed by atoms with Gasteiger partial charge in [-0.25, -0.2) is 0 Å². The molecule has 33 heavy (non-hydrogen) atoms. The number of carbonyl (C=O) groups is 2. The Morgan fingerprint density at radius 3 is 2.73 bits per heavy atom. The van der Waals surface area contributed by atoms with E-state index >= 15 is 0 Å². The van der Waals surface area contributed by atoms with Crippen LogP contribution in [-0.4, -0.2) is 61.5 Å². The second-order valence-electron chi connectivity index (χ2n) is 8.07. The number of nitrogens with one attached hydrogen (secondary N) is 1. The third kappa shape index (κ3) is 7.20. The highest BCUT2D eigenvalue weighted by molar-refractivity contribution is 7.10. The zero-order chi connectivity index (χ0) is 23.6. The zero-order valence-corrected chi connectivity index (χ0v) is 20.7. The molecule has 1 aromatic heterocycles. The number of fused-ring (bicyclic) bond motifs is 1. The maximum Gasteiger partial charge on any atom is 0.223 e. The van der Waals surface area contributed by atoms with Crippen molar-refractivity contribution in [2.75, 3.05) is 39.9 Å². The summed E-state index contributed by atoms with van der Waals surface area (Å²) in [5.41, 5.74) is 2.15. The highest BCUT2D eigenvalue weighted by atomic mass is 32.1. The highest BCUT2D eigenvalue weighted by Gasteiger charge is 2.21. The van der Waals surface area contributed by atoms with Crippen LogP contribution in [0.3, 0.4) is 0 Å². The summed E-state index contributed by atoms with van der Waals surface area (Å²) in [4.78, 5) is 30.3. The monoisotopic (exact) mass is 473 g/mol. The van der Waals surface area contributed by atoms with Gasteiger partial charge in [0.15, 0.2) is 11.5 Å². The Morgan fingerprint density at radius 2 is 1.97 bits per heavy atom. The third-order valence-electron chi connectivity index (χ3n) is 6.00. The van der Waals surface area contributed by atoms with Crippen molar-refractivity contribution < 1.29 is 19.1 Å². The van der Waals surface area contributed by atoms with Crippen LogP contribution in [0, 0.1) is 0 Å². The van der Waals surface area contributed by atoms with Gasteiger partial charge in [-0.15, -0.1) is 11.3 Å². The van der Waals surface area contributed by atoms with Gasteiger partial charge in [-0.05, 0) is 54.2 Å². The summed E-state index contributed by atoms with van der Waals surface area (Å²) in [6.45, 7) is 9.48. The Balaban J connectivity index is 1.41. The highest BCUT2D eigenvalue weighted by Crippen LogP contribution is 2.28. The van der Waals surface area contributed by atoms with Gasteiger partial charge in [0.25, 0.3) is 0 Å². The van der Waals surface area contributed by atoms with E-state index in [0.717, 1.165) is 38.2 Å². The van der Waals surface area contributed by atoms with Crippen LogP contribution in [0.5, 0.6) is 11.5 Å². The number of likely N-dealkylation sites (N-methyl/N-ethyl adjacent to an activating group) is 1. The fourth-order valence-electron chi connectivity index (χ4n) is 3.89. The molecular weight excluding hydrogens is 438 g/mol. The van der Waals surface area contributed by atoms with Gasteiger partial charge >= 0.3 is 0 Å². The number of nitrogens with zero attached hydrogens (tertiary/aromatic N) is 2. The second-order valence-corrected chi connectivity index (χ2v) is 9.07. The first kappa shape index (κ1) is 25.1. The van der Waals surface area contributed by atoms with Crippen molar-refractivity contribution in [1.29, 1.82) is 0 Å². The van der Waals surface area contributed by atoms with Crippen LogP contribution in [0.1, 0.15) is 42.7 Å². The van der Waals surface area contributed by atoms with Crippen molar-refractivity contribution in [1.82, 2.24) is 15.1 Å². The number of methoxy groups -OCH3 is 1. The quantitative estimate of drug-likeness (QED) is 0.511. The normalized spacial score (nSPS) is 13.0. The Hall–Kier alpha value is -2.58. The predicted octanol–water partition coefficient (Wildman–Crippen LogP) is 3.46. The number of benzene rings is 1. The molecule has 0 spiro atoms. The first-order chi connectivity index (χ1) is 16.0. The molecule has 7 nitrogen and oxygen atoms in total. The number of amides is 2. The predicted molar refractivity (Wildman–Crippen MR) is 131 cm³/mol. The summed E-state index contributed by atoms with van der Waals surface area (Å²) < 4.78 is 11.4. The lowest BCUT2D eigenvalue weighted by molar-refractivity contribution is -0.134. The first-order valence-electron chi connectivity index (χ1n) is 11.7. The Bertz CT molecular complexity index is 926.